The Bertz CT molecular complexity index is 1630. The van der Waals surface area contributed by atoms with Crippen molar-refractivity contribution in [3.63, 3.8) is 0 Å². The van der Waals surface area contributed by atoms with Crippen LogP contribution in [0.15, 0.2) is 35.9 Å². The van der Waals surface area contributed by atoms with E-state index >= 15 is 0 Å². The van der Waals surface area contributed by atoms with Gasteiger partial charge in [0.25, 0.3) is 0 Å². The molecule has 0 radical (unpaired) electrons. The van der Waals surface area contributed by atoms with E-state index in [4.69, 9.17) is 35.3 Å². The zero-order chi connectivity index (χ0) is 39.6. The summed E-state index contributed by atoms with van der Waals surface area (Å²) in [4.78, 5) is 56.5. The molecule has 1 aromatic carbocycles. The van der Waals surface area contributed by atoms with Crippen LogP contribution in [0, 0.1) is 5.92 Å². The first kappa shape index (κ1) is 42.4. The summed E-state index contributed by atoms with van der Waals surface area (Å²) in [6, 6.07) is 2.60. The van der Waals surface area contributed by atoms with Gasteiger partial charge in [-0.3, -0.25) is 14.9 Å². The van der Waals surface area contributed by atoms with Gasteiger partial charge in [0.15, 0.2) is 5.72 Å². The van der Waals surface area contributed by atoms with Crippen LogP contribution >= 0.6 is 24.2 Å². The lowest BCUT2D eigenvalue weighted by atomic mass is 9.83. The number of likely N-dealkylation sites (N-methyl/N-ethyl adjacent to an activating group) is 1. The maximum absolute atomic E-state index is 14.1. The van der Waals surface area contributed by atoms with Crippen molar-refractivity contribution in [1.82, 2.24) is 10.2 Å². The number of allylic oxidation sites excluding steroid dienone is 3. The number of fused-ring (bicyclic) bond motifs is 5. The molecule has 13 nitrogen and oxygen atoms in total. The third kappa shape index (κ3) is 9.88. The number of aliphatic hydroxyl groups is 1. The Labute approximate surface area is 322 Å². The predicted molar refractivity (Wildman–Crippen MR) is 203 cm³/mol. The van der Waals surface area contributed by atoms with Gasteiger partial charge in [0.05, 0.1) is 25.3 Å². The number of carbonyl (C=O) groups is 4. The van der Waals surface area contributed by atoms with Crippen LogP contribution < -0.4 is 15.0 Å². The highest BCUT2D eigenvalue weighted by atomic mass is 35.5. The Morgan fingerprint density at radius 3 is 2.57 bits per heavy atom. The molecule has 0 spiro atoms. The van der Waals surface area contributed by atoms with Crippen molar-refractivity contribution < 1.29 is 48.0 Å². The average molecular weight is 780 g/mol. The second-order valence-corrected chi connectivity index (χ2v) is 16.8. The maximum Gasteiger partial charge on any atom is 0.409 e. The SMILES string of the molecule is COc1cc2cc(c1Cl)N(C)C(=O)C[C@@H](OC(=O)[C@@H](C)N(C)C(=O)CCC(C)(C)S)[C@]1(C)O[C@H]1[C@H](C)[C@@H]1C[C@@](O)(NC(=O)O1)[C@H](OC)/C=C/C=C(\C)C2. The lowest BCUT2D eigenvalue weighted by molar-refractivity contribution is -0.162. The smallest absolute Gasteiger partial charge is 0.409 e. The maximum atomic E-state index is 14.1. The number of anilines is 1. The number of rotatable bonds is 8. The topological polar surface area (TPSA) is 156 Å². The highest BCUT2D eigenvalue weighted by Crippen LogP contribution is 2.49. The van der Waals surface area contributed by atoms with Gasteiger partial charge < -0.3 is 38.6 Å². The minimum absolute atomic E-state index is 0.0509. The number of carbonyl (C=O) groups excluding carboxylic acids is 4. The molecule has 294 valence electrons. The molecule has 3 aliphatic rings. The van der Waals surface area contributed by atoms with Gasteiger partial charge in [-0.05, 0) is 51.3 Å². The molecule has 0 aliphatic carbocycles. The molecule has 0 unspecified atom stereocenters. The van der Waals surface area contributed by atoms with E-state index in [2.05, 4.69) is 17.9 Å². The number of alkyl carbamates (subject to hydrolysis) is 1. The van der Waals surface area contributed by atoms with E-state index in [-0.39, 0.29) is 34.9 Å². The van der Waals surface area contributed by atoms with Crippen molar-refractivity contribution in [1.29, 1.82) is 0 Å². The number of methoxy groups -OCH3 is 2. The Hall–Kier alpha value is -3.30. The molecule has 3 heterocycles. The standard InChI is InChI=1S/C38H54ClN3O10S/c1-21-12-11-13-28(49-10)38(47)20-27(50-35(46)40-38)22(2)33-37(6,52-33)29(51-34(45)23(3)41(7)30(43)14-15-36(4,5)53)19-31(44)42(8)25-17-24(16-21)18-26(48-9)32(25)39/h11-13,17-18,22-23,27-29,33,47,53H,14-16,19-20H2,1-10H3,(H,40,46)/b13-11+,21-12+/t22-,23-,27+,28-,29-,33+,37+,38+/m1/s1. The second kappa shape index (κ2) is 16.6. The Morgan fingerprint density at radius 1 is 1.26 bits per heavy atom. The van der Waals surface area contributed by atoms with Crippen LogP contribution in [0.2, 0.25) is 5.02 Å². The van der Waals surface area contributed by atoms with Gasteiger partial charge in [-0.15, -0.1) is 0 Å². The molecule has 2 saturated heterocycles. The molecule has 2 N–H and O–H groups in total. The highest BCUT2D eigenvalue weighted by molar-refractivity contribution is 7.81. The van der Waals surface area contributed by atoms with Crippen molar-refractivity contribution in [2.75, 3.05) is 33.2 Å². The minimum Gasteiger partial charge on any atom is -0.495 e. The Kier molecular flexibility index (Phi) is 13.3. The van der Waals surface area contributed by atoms with Crippen LogP contribution in [0.25, 0.3) is 0 Å². The van der Waals surface area contributed by atoms with Crippen LogP contribution in [0.5, 0.6) is 5.75 Å². The van der Waals surface area contributed by atoms with Gasteiger partial charge in [0.1, 0.15) is 40.7 Å². The number of halogens is 1. The van der Waals surface area contributed by atoms with Crippen molar-refractivity contribution in [3.8, 4) is 5.75 Å². The number of esters is 1. The van der Waals surface area contributed by atoms with Crippen molar-refractivity contribution in [2.24, 2.45) is 5.92 Å². The van der Waals surface area contributed by atoms with Crippen molar-refractivity contribution >= 4 is 53.8 Å². The number of ether oxygens (including phenoxy) is 5. The molecule has 0 saturated carbocycles. The van der Waals surface area contributed by atoms with Crippen LogP contribution in [-0.2, 0) is 39.8 Å². The molecule has 3 amide bonds. The molecule has 4 bridgehead atoms. The summed E-state index contributed by atoms with van der Waals surface area (Å²) in [5, 5.41) is 14.5. The summed E-state index contributed by atoms with van der Waals surface area (Å²) >= 11 is 11.3. The Balaban J connectivity index is 1.74. The minimum atomic E-state index is -1.83. The molecular formula is C38H54ClN3O10S. The van der Waals surface area contributed by atoms with Crippen LogP contribution in [-0.4, -0.2) is 109 Å². The third-order valence-corrected chi connectivity index (χ3v) is 11.1. The quantitative estimate of drug-likeness (QED) is 0.187. The van der Waals surface area contributed by atoms with Crippen LogP contribution in [0.1, 0.15) is 72.8 Å². The second-order valence-electron chi connectivity index (χ2n) is 15.2. The number of epoxide rings is 1. The van der Waals surface area contributed by atoms with Crippen LogP contribution in [0.4, 0.5) is 10.5 Å². The third-order valence-electron chi connectivity index (χ3n) is 10.5. The number of hydrogen-bond donors (Lipinski definition) is 3. The zero-order valence-corrected chi connectivity index (χ0v) is 33.9. The van der Waals surface area contributed by atoms with Gasteiger partial charge in [-0.25, -0.2) is 9.59 Å². The molecule has 4 rings (SSSR count). The van der Waals surface area contributed by atoms with E-state index in [9.17, 15) is 24.3 Å². The fourth-order valence-electron chi connectivity index (χ4n) is 6.81. The van der Waals surface area contributed by atoms with E-state index in [0.29, 0.717) is 24.3 Å². The Morgan fingerprint density at radius 2 is 1.94 bits per heavy atom. The molecule has 1 aromatic rings. The molecule has 3 aliphatic heterocycles. The summed E-state index contributed by atoms with van der Waals surface area (Å²) in [7, 11) is 6.02. The van der Waals surface area contributed by atoms with Gasteiger partial charge in [-0.2, -0.15) is 12.6 Å². The normalized spacial score (nSPS) is 31.5. The molecule has 2 fully saturated rings. The van der Waals surface area contributed by atoms with Gasteiger partial charge in [0, 0.05) is 44.7 Å². The zero-order valence-electron chi connectivity index (χ0n) is 32.2. The van der Waals surface area contributed by atoms with E-state index in [1.807, 2.05) is 26.8 Å². The van der Waals surface area contributed by atoms with Crippen molar-refractivity contribution in [3.05, 3.63) is 46.5 Å². The average Bonchev–Trinajstić information content (AvgIpc) is 3.78. The largest absolute Gasteiger partial charge is 0.495 e. The molecule has 8 atom stereocenters. The summed E-state index contributed by atoms with van der Waals surface area (Å²) in [6.07, 6.45) is 1.61. The molecular weight excluding hydrogens is 726 g/mol. The number of benzene rings is 1. The number of nitrogens with one attached hydrogen (secondary N) is 1. The first-order valence-electron chi connectivity index (χ1n) is 17.7. The summed E-state index contributed by atoms with van der Waals surface area (Å²) in [5.74, 6) is -1.58. The molecule has 0 aromatic heterocycles. The molecule has 15 heteroatoms. The number of hydrogen-bond acceptors (Lipinski definition) is 11. The first-order valence-corrected chi connectivity index (χ1v) is 18.5. The fraction of sp³-hybridized carbons (Fsp3) is 0.632. The summed E-state index contributed by atoms with van der Waals surface area (Å²) < 4.78 is 28.8. The van der Waals surface area contributed by atoms with Crippen LogP contribution in [0.3, 0.4) is 0 Å². The summed E-state index contributed by atoms with van der Waals surface area (Å²) in [6.45, 7) is 10.8. The number of nitrogens with zero attached hydrogens (tertiary/aromatic N) is 2. The van der Waals surface area contributed by atoms with Gasteiger partial charge in [-0.1, -0.05) is 56.2 Å². The lowest BCUT2D eigenvalue weighted by Gasteiger charge is -2.42. The van der Waals surface area contributed by atoms with Crippen molar-refractivity contribution in [2.45, 2.75) is 120 Å². The van der Waals surface area contributed by atoms with E-state index in [1.54, 1.807) is 52.1 Å². The number of thiol groups is 1. The first-order chi connectivity index (χ1) is 24.6. The highest BCUT2D eigenvalue weighted by Gasteiger charge is 2.64. The van der Waals surface area contributed by atoms with E-state index < -0.39 is 65.7 Å². The summed E-state index contributed by atoms with van der Waals surface area (Å²) in [5.41, 5.74) is -0.916. The van der Waals surface area contributed by atoms with E-state index in [0.717, 1.165) is 11.1 Å². The van der Waals surface area contributed by atoms with E-state index in [1.165, 1.54) is 31.1 Å². The number of amides is 3. The van der Waals surface area contributed by atoms with Gasteiger partial charge in [0.2, 0.25) is 11.8 Å². The van der Waals surface area contributed by atoms with Gasteiger partial charge >= 0.3 is 12.1 Å². The monoisotopic (exact) mass is 779 g/mol. The lowest BCUT2D eigenvalue weighted by Crippen LogP contribution is -2.63. The molecule has 53 heavy (non-hydrogen) atoms. The fourth-order valence-corrected chi connectivity index (χ4v) is 7.23. The predicted octanol–water partition coefficient (Wildman–Crippen LogP) is 5.00.